The molecule has 112 valence electrons. The van der Waals surface area contributed by atoms with E-state index in [1.165, 1.54) is 0 Å². The van der Waals surface area contributed by atoms with Crippen molar-refractivity contribution in [2.75, 3.05) is 7.05 Å². The molecule has 0 aliphatic carbocycles. The first-order chi connectivity index (χ1) is 10.5. The number of hydrogen-bond donors (Lipinski definition) is 0. The van der Waals surface area contributed by atoms with Crippen molar-refractivity contribution in [2.45, 2.75) is 6.54 Å². The molecule has 0 spiro atoms. The highest BCUT2D eigenvalue weighted by molar-refractivity contribution is 9.11. The number of hydrogen-bond acceptors (Lipinski definition) is 2. The van der Waals surface area contributed by atoms with E-state index in [1.807, 2.05) is 42.6 Å². The van der Waals surface area contributed by atoms with Gasteiger partial charge in [0.15, 0.2) is 5.69 Å². The van der Waals surface area contributed by atoms with Gasteiger partial charge >= 0.3 is 0 Å². The van der Waals surface area contributed by atoms with Crippen molar-refractivity contribution < 1.29 is 4.79 Å². The lowest BCUT2D eigenvalue weighted by Crippen LogP contribution is -2.26. The standard InChI is InChI=1S/C16H13Br2N3O/c1-20(9-11-5-3-2-4-6-11)16(22)14-8-15-13(18)7-12(17)10-21(15)19-14/h2-8,10H,9H2,1H3. The Morgan fingerprint density at radius 3 is 2.68 bits per heavy atom. The molecule has 3 rings (SSSR count). The summed E-state index contributed by atoms with van der Waals surface area (Å²) in [6.45, 7) is 0.554. The first kappa shape index (κ1) is 15.2. The Morgan fingerprint density at radius 2 is 1.95 bits per heavy atom. The molecule has 3 aromatic rings. The second-order valence-corrected chi connectivity index (χ2v) is 6.78. The van der Waals surface area contributed by atoms with Crippen molar-refractivity contribution in [3.63, 3.8) is 0 Å². The van der Waals surface area contributed by atoms with E-state index >= 15 is 0 Å². The zero-order valence-electron chi connectivity index (χ0n) is 11.8. The van der Waals surface area contributed by atoms with Gasteiger partial charge in [-0.1, -0.05) is 30.3 Å². The van der Waals surface area contributed by atoms with Gasteiger partial charge in [0, 0.05) is 28.7 Å². The first-order valence-electron chi connectivity index (χ1n) is 6.68. The van der Waals surface area contributed by atoms with Crippen LogP contribution in [0.4, 0.5) is 0 Å². The third kappa shape index (κ3) is 3.08. The number of benzene rings is 1. The van der Waals surface area contributed by atoms with Crippen LogP contribution >= 0.6 is 31.9 Å². The quantitative estimate of drug-likeness (QED) is 0.636. The SMILES string of the molecule is CN(Cc1ccccc1)C(=O)c1cc2c(Br)cc(Br)cn2n1. The van der Waals surface area contributed by atoms with Crippen LogP contribution < -0.4 is 0 Å². The van der Waals surface area contributed by atoms with Gasteiger partial charge in [-0.15, -0.1) is 0 Å². The van der Waals surface area contributed by atoms with Crippen molar-refractivity contribution in [3.8, 4) is 0 Å². The molecule has 2 aromatic heterocycles. The summed E-state index contributed by atoms with van der Waals surface area (Å²) in [5, 5.41) is 4.36. The average molecular weight is 423 g/mol. The summed E-state index contributed by atoms with van der Waals surface area (Å²) < 4.78 is 3.48. The summed E-state index contributed by atoms with van der Waals surface area (Å²) in [4.78, 5) is 14.2. The lowest BCUT2D eigenvalue weighted by Gasteiger charge is -2.15. The van der Waals surface area contributed by atoms with Crippen LogP contribution in [0.2, 0.25) is 0 Å². The highest BCUT2D eigenvalue weighted by Crippen LogP contribution is 2.24. The molecule has 0 aliphatic heterocycles. The summed E-state index contributed by atoms with van der Waals surface area (Å²) in [6, 6.07) is 13.6. The van der Waals surface area contributed by atoms with E-state index in [0.717, 1.165) is 20.0 Å². The Kier molecular flexibility index (Phi) is 4.31. The third-order valence-electron chi connectivity index (χ3n) is 3.32. The third-order valence-corrected chi connectivity index (χ3v) is 4.39. The molecule has 0 fully saturated rings. The molecule has 0 saturated heterocycles. The number of pyridine rings is 1. The second kappa shape index (κ2) is 6.22. The van der Waals surface area contributed by atoms with Crippen LogP contribution in [0.5, 0.6) is 0 Å². The van der Waals surface area contributed by atoms with Crippen LogP contribution in [0.25, 0.3) is 5.52 Å². The van der Waals surface area contributed by atoms with E-state index in [-0.39, 0.29) is 5.91 Å². The lowest BCUT2D eigenvalue weighted by atomic mass is 10.2. The van der Waals surface area contributed by atoms with Gasteiger partial charge in [-0.3, -0.25) is 4.79 Å². The number of amides is 1. The molecule has 22 heavy (non-hydrogen) atoms. The van der Waals surface area contributed by atoms with Crippen LogP contribution in [0, 0.1) is 0 Å². The summed E-state index contributed by atoms with van der Waals surface area (Å²) >= 11 is 6.90. The van der Waals surface area contributed by atoms with Crippen LogP contribution in [0.3, 0.4) is 0 Å². The fourth-order valence-corrected chi connectivity index (χ4v) is 3.52. The van der Waals surface area contributed by atoms with Gasteiger partial charge < -0.3 is 4.90 Å². The lowest BCUT2D eigenvalue weighted by molar-refractivity contribution is 0.0779. The summed E-state index contributed by atoms with van der Waals surface area (Å²) in [6.07, 6.45) is 1.83. The second-order valence-electron chi connectivity index (χ2n) is 5.01. The van der Waals surface area contributed by atoms with Crippen molar-refractivity contribution in [3.05, 3.63) is 68.9 Å². The molecular weight excluding hydrogens is 410 g/mol. The first-order valence-corrected chi connectivity index (χ1v) is 8.27. The summed E-state index contributed by atoms with van der Waals surface area (Å²) in [5.74, 6) is -0.101. The van der Waals surface area contributed by atoms with E-state index in [4.69, 9.17) is 0 Å². The van der Waals surface area contributed by atoms with Crippen molar-refractivity contribution >= 4 is 43.3 Å². The summed E-state index contributed by atoms with van der Waals surface area (Å²) in [7, 11) is 1.78. The van der Waals surface area contributed by atoms with Gasteiger partial charge in [-0.25, -0.2) is 4.52 Å². The van der Waals surface area contributed by atoms with Crippen LogP contribution in [-0.4, -0.2) is 27.5 Å². The van der Waals surface area contributed by atoms with Gasteiger partial charge in [0.2, 0.25) is 0 Å². The van der Waals surface area contributed by atoms with E-state index in [1.54, 1.807) is 22.5 Å². The molecule has 4 nitrogen and oxygen atoms in total. The Hall–Kier alpha value is -1.66. The van der Waals surface area contributed by atoms with Crippen LogP contribution in [-0.2, 0) is 6.54 Å². The molecule has 0 atom stereocenters. The monoisotopic (exact) mass is 421 g/mol. The minimum Gasteiger partial charge on any atom is -0.336 e. The molecule has 2 heterocycles. The molecule has 0 saturated carbocycles. The summed E-state index contributed by atoms with van der Waals surface area (Å²) in [5.41, 5.74) is 2.38. The number of carbonyl (C=O) groups is 1. The van der Waals surface area contributed by atoms with Crippen molar-refractivity contribution in [1.29, 1.82) is 0 Å². The number of carbonyl (C=O) groups excluding carboxylic acids is 1. The molecule has 1 amide bonds. The fourth-order valence-electron chi connectivity index (χ4n) is 2.25. The Bertz CT molecular complexity index is 830. The predicted octanol–water partition coefficient (Wildman–Crippen LogP) is 4.13. The molecule has 0 bridgehead atoms. The molecular formula is C16H13Br2N3O. The minimum atomic E-state index is -0.101. The number of halogens is 2. The number of fused-ring (bicyclic) bond motifs is 1. The highest BCUT2D eigenvalue weighted by Gasteiger charge is 2.17. The van der Waals surface area contributed by atoms with E-state index in [2.05, 4.69) is 37.0 Å². The van der Waals surface area contributed by atoms with Gasteiger partial charge in [-0.2, -0.15) is 5.10 Å². The van der Waals surface area contributed by atoms with E-state index in [9.17, 15) is 4.79 Å². The zero-order valence-corrected chi connectivity index (χ0v) is 15.0. The Morgan fingerprint density at radius 1 is 1.23 bits per heavy atom. The highest BCUT2D eigenvalue weighted by atomic mass is 79.9. The van der Waals surface area contributed by atoms with Crippen molar-refractivity contribution in [1.82, 2.24) is 14.5 Å². The Balaban J connectivity index is 1.87. The number of aromatic nitrogens is 2. The van der Waals surface area contributed by atoms with Crippen LogP contribution in [0.1, 0.15) is 16.1 Å². The number of rotatable bonds is 3. The fraction of sp³-hybridized carbons (Fsp3) is 0.125. The molecule has 0 aliphatic rings. The molecule has 1 aromatic carbocycles. The van der Waals surface area contributed by atoms with Gasteiger partial charge in [-0.05, 0) is 49.6 Å². The van der Waals surface area contributed by atoms with Gasteiger partial charge in [0.1, 0.15) is 0 Å². The predicted molar refractivity (Wildman–Crippen MR) is 92.8 cm³/mol. The van der Waals surface area contributed by atoms with Gasteiger partial charge in [0.05, 0.1) is 5.52 Å². The van der Waals surface area contributed by atoms with E-state index in [0.29, 0.717) is 12.2 Å². The maximum atomic E-state index is 12.5. The maximum absolute atomic E-state index is 12.5. The van der Waals surface area contributed by atoms with E-state index < -0.39 is 0 Å². The molecule has 0 radical (unpaired) electrons. The molecule has 6 heteroatoms. The van der Waals surface area contributed by atoms with Gasteiger partial charge in [0.25, 0.3) is 5.91 Å². The average Bonchev–Trinajstić information content (AvgIpc) is 2.91. The Labute approximate surface area is 145 Å². The van der Waals surface area contributed by atoms with Crippen LogP contribution in [0.15, 0.2) is 57.6 Å². The normalized spacial score (nSPS) is 10.9. The minimum absolute atomic E-state index is 0.101. The van der Waals surface area contributed by atoms with Crippen molar-refractivity contribution in [2.24, 2.45) is 0 Å². The molecule has 0 unspecified atom stereocenters. The molecule has 0 N–H and O–H groups in total. The number of nitrogens with zero attached hydrogens (tertiary/aromatic N) is 3. The zero-order chi connectivity index (χ0) is 15.7. The topological polar surface area (TPSA) is 37.6 Å². The maximum Gasteiger partial charge on any atom is 0.274 e. The largest absolute Gasteiger partial charge is 0.336 e. The smallest absolute Gasteiger partial charge is 0.274 e.